The second-order valence-corrected chi connectivity index (χ2v) is 23.5. The fraction of sp³-hybridized carbons (Fsp3) is 0.324. The minimum Gasteiger partial charge on any atom is -1.00 e. The second kappa shape index (κ2) is 11.7. The maximum absolute atomic E-state index is 2.77. The van der Waals surface area contributed by atoms with Crippen LogP contribution in [0.15, 0.2) is 92.9 Å². The fourth-order valence-electron chi connectivity index (χ4n) is 6.30. The summed E-state index contributed by atoms with van der Waals surface area (Å²) in [7, 11) is -1.40. The topological polar surface area (TPSA) is 0 Å². The van der Waals surface area contributed by atoms with Gasteiger partial charge < -0.3 is 24.8 Å². The van der Waals surface area contributed by atoms with Gasteiger partial charge in [-0.15, -0.1) is 0 Å². The zero-order chi connectivity index (χ0) is 25.8. The van der Waals surface area contributed by atoms with Crippen LogP contribution in [0, 0.1) is 5.92 Å². The van der Waals surface area contributed by atoms with E-state index in [9.17, 15) is 0 Å². The molecule has 2 aliphatic carbocycles. The van der Waals surface area contributed by atoms with Crippen molar-refractivity contribution in [2.75, 3.05) is 0 Å². The van der Waals surface area contributed by atoms with Gasteiger partial charge in [0, 0.05) is 0 Å². The molecule has 5 rings (SSSR count). The monoisotopic (exact) mass is 636 g/mol. The molecule has 0 aliphatic heterocycles. The summed E-state index contributed by atoms with van der Waals surface area (Å²) in [6, 6.07) is 27.9. The third-order valence-electron chi connectivity index (χ3n) is 8.04. The van der Waals surface area contributed by atoms with Crippen molar-refractivity contribution in [1.82, 2.24) is 0 Å². The molecule has 3 aromatic carbocycles. The third-order valence-corrected chi connectivity index (χ3v) is 18.4. The van der Waals surface area contributed by atoms with E-state index >= 15 is 0 Å². The molecule has 0 saturated carbocycles. The molecule has 1 unspecified atom stereocenters. The first kappa shape index (κ1) is 31.2. The Morgan fingerprint density at radius 1 is 0.763 bits per heavy atom. The molecule has 4 heteroatoms. The van der Waals surface area contributed by atoms with Crippen LogP contribution in [0.25, 0.3) is 11.1 Å². The van der Waals surface area contributed by atoms with Crippen molar-refractivity contribution in [1.29, 1.82) is 0 Å². The number of benzene rings is 3. The molecular formula is C34H40Cl2SiZr. The number of fused-ring (bicyclic) bond motifs is 3. The summed E-state index contributed by atoms with van der Waals surface area (Å²) in [5.74, 6) is 0.547. The summed E-state index contributed by atoms with van der Waals surface area (Å²) >= 11 is -2.39. The molecule has 0 radical (unpaired) electrons. The van der Waals surface area contributed by atoms with Crippen molar-refractivity contribution in [3.8, 4) is 11.1 Å². The first-order chi connectivity index (χ1) is 17.0. The molecule has 0 saturated heterocycles. The Hall–Kier alpha value is -1.31. The van der Waals surface area contributed by atoms with E-state index in [-0.39, 0.29) is 30.2 Å². The first-order valence-corrected chi connectivity index (χ1v) is 21.0. The number of hydrogen-bond acceptors (Lipinski definition) is 0. The molecule has 198 valence electrons. The summed E-state index contributed by atoms with van der Waals surface area (Å²) in [6.07, 6.45) is 2.64. The first-order valence-electron chi connectivity index (χ1n) is 13.4. The number of allylic oxidation sites excluding steroid dienone is 4. The van der Waals surface area contributed by atoms with Gasteiger partial charge in [-0.05, 0) is 0 Å². The van der Waals surface area contributed by atoms with E-state index in [2.05, 4.69) is 137 Å². The van der Waals surface area contributed by atoms with E-state index in [4.69, 9.17) is 0 Å². The minimum atomic E-state index is -2.39. The minimum absolute atomic E-state index is 0. The van der Waals surface area contributed by atoms with E-state index in [1.165, 1.54) is 22.3 Å². The van der Waals surface area contributed by atoms with Gasteiger partial charge in [0.2, 0.25) is 0 Å². The SMILES string of the molecule is CC1=[C](/[Zr+2](=[CH]/c2ccc(C(C)(C)C)cc2)[CH]2c3ccccc3-c3ccccc32)C(C)C=C1[Si](C)(C)C.[Cl-].[Cl-]. The Kier molecular flexibility index (Phi) is 9.58. The van der Waals surface area contributed by atoms with Gasteiger partial charge in [0.05, 0.1) is 0 Å². The molecule has 0 fully saturated rings. The van der Waals surface area contributed by atoms with Gasteiger partial charge in [-0.25, -0.2) is 0 Å². The Bertz CT molecular complexity index is 1370. The molecule has 1 atom stereocenters. The molecule has 0 N–H and O–H groups in total. The van der Waals surface area contributed by atoms with Crippen LogP contribution < -0.4 is 24.8 Å². The molecule has 0 heterocycles. The molecule has 0 aromatic heterocycles. The number of halogens is 2. The predicted octanol–water partition coefficient (Wildman–Crippen LogP) is 3.26. The third kappa shape index (κ3) is 5.76. The van der Waals surface area contributed by atoms with Gasteiger partial charge in [0.15, 0.2) is 0 Å². The second-order valence-electron chi connectivity index (χ2n) is 12.7. The quantitative estimate of drug-likeness (QED) is 0.385. The smallest absolute Gasteiger partial charge is 1.00 e. The molecule has 2 aliphatic rings. The van der Waals surface area contributed by atoms with Crippen molar-refractivity contribution >= 4 is 11.8 Å². The van der Waals surface area contributed by atoms with Crippen LogP contribution in [0.5, 0.6) is 0 Å². The van der Waals surface area contributed by atoms with Crippen molar-refractivity contribution in [3.63, 3.8) is 0 Å². The van der Waals surface area contributed by atoms with Gasteiger partial charge in [0.1, 0.15) is 0 Å². The van der Waals surface area contributed by atoms with Crippen LogP contribution in [-0.2, 0) is 26.7 Å². The summed E-state index contributed by atoms with van der Waals surface area (Å²) in [4.78, 5) is 0. The largest absolute Gasteiger partial charge is 1.00 e. The standard InChI is InChI=1S/C13H9.C11H14.C10H17Si.2ClH.Zr/c1-3-7-12-10(5-1)9-11-6-2-4-8-13(11)12;1-9-5-7-10(8-6-9)11(2,3)4;1-8-6-9(2)10(7-8)11(3,4)5;;;/h1-9H;1,5-8H,2-4H3;7-8H,1-5H3;2*1H;/q;;;;;+2/p-2. The Morgan fingerprint density at radius 2 is 1.26 bits per heavy atom. The van der Waals surface area contributed by atoms with Crippen LogP contribution in [0.4, 0.5) is 0 Å². The average molecular weight is 639 g/mol. The molecule has 0 spiro atoms. The number of hydrogen-bond donors (Lipinski definition) is 0. The van der Waals surface area contributed by atoms with Gasteiger partial charge in [-0.2, -0.15) is 0 Å². The van der Waals surface area contributed by atoms with E-state index in [1.807, 2.05) is 3.28 Å². The fourth-order valence-corrected chi connectivity index (χ4v) is 17.3. The zero-order valence-corrected chi connectivity index (χ0v) is 29.0. The maximum Gasteiger partial charge on any atom is -1.00 e. The van der Waals surface area contributed by atoms with Crippen molar-refractivity contribution in [3.05, 3.63) is 115 Å². The van der Waals surface area contributed by atoms with Crippen molar-refractivity contribution < 1.29 is 46.1 Å². The molecule has 0 nitrogen and oxygen atoms in total. The van der Waals surface area contributed by atoms with E-state index in [0.29, 0.717) is 9.54 Å². The van der Waals surface area contributed by atoms with Gasteiger partial charge >= 0.3 is 229 Å². The Labute approximate surface area is 251 Å². The van der Waals surface area contributed by atoms with Crippen LogP contribution in [-0.4, -0.2) is 11.8 Å². The summed E-state index contributed by atoms with van der Waals surface area (Å²) in [5.41, 5.74) is 10.7. The van der Waals surface area contributed by atoms with E-state index in [0.717, 1.165) is 0 Å². The van der Waals surface area contributed by atoms with Crippen LogP contribution in [0.2, 0.25) is 19.6 Å². The van der Waals surface area contributed by atoms with Gasteiger partial charge in [0.25, 0.3) is 0 Å². The average Bonchev–Trinajstić information content (AvgIpc) is 3.31. The van der Waals surface area contributed by atoms with Gasteiger partial charge in [-0.1, -0.05) is 0 Å². The zero-order valence-electron chi connectivity index (χ0n) is 24.0. The molecular weight excluding hydrogens is 599 g/mol. The molecule has 38 heavy (non-hydrogen) atoms. The maximum atomic E-state index is 2.77. The van der Waals surface area contributed by atoms with Crippen LogP contribution in [0.3, 0.4) is 0 Å². The number of rotatable bonds is 4. The normalized spacial score (nSPS) is 16.9. The van der Waals surface area contributed by atoms with E-state index in [1.54, 1.807) is 21.9 Å². The molecule has 3 aromatic rings. The Morgan fingerprint density at radius 3 is 1.71 bits per heavy atom. The van der Waals surface area contributed by atoms with Crippen molar-refractivity contribution in [2.24, 2.45) is 5.92 Å². The molecule has 0 amide bonds. The van der Waals surface area contributed by atoms with Crippen LogP contribution >= 0.6 is 0 Å². The van der Waals surface area contributed by atoms with Crippen molar-refractivity contribution in [2.45, 2.75) is 63.3 Å². The van der Waals surface area contributed by atoms with E-state index < -0.39 is 29.3 Å². The molecule has 0 bridgehead atoms. The Balaban J connectivity index is 0.00000200. The van der Waals surface area contributed by atoms with Gasteiger partial charge in [-0.3, -0.25) is 0 Å². The summed E-state index contributed by atoms with van der Waals surface area (Å²) in [6.45, 7) is 19.4. The predicted molar refractivity (Wildman–Crippen MR) is 157 cm³/mol. The van der Waals surface area contributed by atoms with Crippen LogP contribution in [0.1, 0.15) is 60.5 Å². The summed E-state index contributed by atoms with van der Waals surface area (Å²) < 4.78 is 5.12. The summed E-state index contributed by atoms with van der Waals surface area (Å²) in [5, 5.41) is 1.69.